The third kappa shape index (κ3) is 4.72. The lowest BCUT2D eigenvalue weighted by Gasteiger charge is -2.09. The molecule has 0 aromatic heterocycles. The molecule has 0 bridgehead atoms. The molecular weight excluding hydrogens is 347 g/mol. The molecule has 0 aliphatic rings. The summed E-state index contributed by atoms with van der Waals surface area (Å²) in [6, 6.07) is 12.3. The number of benzene rings is 2. The first kappa shape index (κ1) is 19.2. The molecule has 0 unspecified atom stereocenters. The fourth-order valence-electron chi connectivity index (χ4n) is 2.13. The van der Waals surface area contributed by atoms with Crippen molar-refractivity contribution < 1.29 is 27.8 Å². The van der Waals surface area contributed by atoms with E-state index in [0.717, 1.165) is 11.8 Å². The van der Waals surface area contributed by atoms with E-state index in [1.54, 1.807) is 31.2 Å². The maximum absolute atomic E-state index is 12.9. The minimum Gasteiger partial charge on any atom is -0.506 e. The molecule has 26 heavy (non-hydrogen) atoms. The molecule has 0 heterocycles. The Hall–Kier alpha value is -3.09. The average Bonchev–Trinajstić information content (AvgIpc) is 2.61. The zero-order valence-electron chi connectivity index (χ0n) is 14.0. The summed E-state index contributed by atoms with van der Waals surface area (Å²) < 4.78 is 43.7. The van der Waals surface area contributed by atoms with E-state index in [1.807, 2.05) is 0 Å². The zero-order valence-corrected chi connectivity index (χ0v) is 14.0. The van der Waals surface area contributed by atoms with Gasteiger partial charge in [-0.15, -0.1) is 0 Å². The number of ketones is 1. The highest BCUT2D eigenvalue weighted by molar-refractivity contribution is 6.20. The van der Waals surface area contributed by atoms with Crippen LogP contribution in [0, 0.1) is 6.92 Å². The fraction of sp³-hybridized carbons (Fsp3) is 0.158. The number of methoxy groups -OCH3 is 1. The number of rotatable bonds is 5. The van der Waals surface area contributed by atoms with Gasteiger partial charge in [0.15, 0.2) is 0 Å². The van der Waals surface area contributed by atoms with Crippen LogP contribution >= 0.6 is 0 Å². The standard InChI is InChI=1S/C19H16F3NO3/c1-12-4-3-5-14(10-12)23-11-16(18(25)19(20,21)22)17(24)13-6-8-15(26-2)9-7-13/h3-11,24H,1-2H3/b17-16-,23-11?. The van der Waals surface area contributed by atoms with Crippen molar-refractivity contribution in [2.45, 2.75) is 13.1 Å². The van der Waals surface area contributed by atoms with Crippen molar-refractivity contribution >= 4 is 23.4 Å². The van der Waals surface area contributed by atoms with Crippen molar-refractivity contribution in [1.29, 1.82) is 0 Å². The molecule has 0 radical (unpaired) electrons. The van der Waals surface area contributed by atoms with Gasteiger partial charge < -0.3 is 9.84 Å². The minimum absolute atomic E-state index is 0.0362. The van der Waals surface area contributed by atoms with E-state index in [4.69, 9.17) is 4.74 Å². The maximum Gasteiger partial charge on any atom is 0.455 e. The van der Waals surface area contributed by atoms with E-state index >= 15 is 0 Å². The molecule has 0 saturated heterocycles. The van der Waals surface area contributed by atoms with Crippen molar-refractivity contribution in [2.75, 3.05) is 7.11 Å². The first-order valence-corrected chi connectivity index (χ1v) is 7.52. The van der Waals surface area contributed by atoms with Gasteiger partial charge in [-0.05, 0) is 48.9 Å². The maximum atomic E-state index is 12.9. The van der Waals surface area contributed by atoms with Gasteiger partial charge >= 0.3 is 6.18 Å². The van der Waals surface area contributed by atoms with Gasteiger partial charge in [0.1, 0.15) is 11.5 Å². The number of halogens is 3. The van der Waals surface area contributed by atoms with Crippen LogP contribution in [0.3, 0.4) is 0 Å². The van der Waals surface area contributed by atoms with E-state index in [1.165, 1.54) is 31.4 Å². The Kier molecular flexibility index (Phi) is 5.82. The Morgan fingerprint density at radius 3 is 2.35 bits per heavy atom. The molecule has 0 saturated carbocycles. The zero-order chi connectivity index (χ0) is 19.3. The Labute approximate surface area is 148 Å². The molecule has 136 valence electrons. The van der Waals surface area contributed by atoms with Crippen molar-refractivity contribution in [3.8, 4) is 5.75 Å². The molecule has 0 fully saturated rings. The summed E-state index contributed by atoms with van der Waals surface area (Å²) in [5, 5.41) is 10.2. The number of aryl methyl sites for hydroxylation is 1. The van der Waals surface area contributed by atoms with E-state index in [2.05, 4.69) is 4.99 Å². The van der Waals surface area contributed by atoms with Crippen LogP contribution in [-0.2, 0) is 4.79 Å². The van der Waals surface area contributed by atoms with Crippen LogP contribution in [0.2, 0.25) is 0 Å². The fourth-order valence-corrected chi connectivity index (χ4v) is 2.13. The molecule has 2 aromatic carbocycles. The van der Waals surface area contributed by atoms with Gasteiger partial charge in [-0.3, -0.25) is 9.79 Å². The Bertz CT molecular complexity index is 853. The number of nitrogens with zero attached hydrogens (tertiary/aromatic N) is 1. The highest BCUT2D eigenvalue weighted by Crippen LogP contribution is 2.26. The third-order valence-corrected chi connectivity index (χ3v) is 3.47. The summed E-state index contributed by atoms with van der Waals surface area (Å²) in [5.74, 6) is -2.53. The Balaban J connectivity index is 2.50. The molecule has 4 nitrogen and oxygen atoms in total. The largest absolute Gasteiger partial charge is 0.506 e. The summed E-state index contributed by atoms with van der Waals surface area (Å²) >= 11 is 0. The smallest absolute Gasteiger partial charge is 0.455 e. The number of allylic oxidation sites excluding steroid dienone is 1. The van der Waals surface area contributed by atoms with Crippen molar-refractivity contribution in [3.63, 3.8) is 0 Å². The first-order valence-electron chi connectivity index (χ1n) is 7.52. The summed E-state index contributed by atoms with van der Waals surface area (Å²) in [7, 11) is 1.43. The van der Waals surface area contributed by atoms with Gasteiger partial charge in [0, 0.05) is 11.8 Å². The molecule has 2 rings (SSSR count). The Morgan fingerprint density at radius 1 is 1.15 bits per heavy atom. The number of aliphatic hydroxyl groups is 1. The second-order valence-electron chi connectivity index (χ2n) is 5.41. The monoisotopic (exact) mass is 363 g/mol. The van der Waals surface area contributed by atoms with Crippen molar-refractivity contribution in [2.24, 2.45) is 4.99 Å². The first-order chi connectivity index (χ1) is 12.2. The van der Waals surface area contributed by atoms with Crippen LogP contribution in [0.1, 0.15) is 11.1 Å². The van der Waals surface area contributed by atoms with Gasteiger partial charge in [-0.2, -0.15) is 13.2 Å². The average molecular weight is 363 g/mol. The predicted octanol–water partition coefficient (Wildman–Crippen LogP) is 4.81. The second kappa shape index (κ2) is 7.86. The molecule has 2 aromatic rings. The number of ether oxygens (including phenoxy) is 1. The van der Waals surface area contributed by atoms with Gasteiger partial charge in [0.2, 0.25) is 0 Å². The lowest BCUT2D eigenvalue weighted by atomic mass is 10.0. The summed E-state index contributed by atoms with van der Waals surface area (Å²) in [4.78, 5) is 15.6. The second-order valence-corrected chi connectivity index (χ2v) is 5.41. The summed E-state index contributed by atoms with van der Waals surface area (Å²) in [6.45, 7) is 1.80. The number of alkyl halides is 3. The molecule has 0 aliphatic carbocycles. The highest BCUT2D eigenvalue weighted by atomic mass is 19.4. The molecule has 7 heteroatoms. The highest BCUT2D eigenvalue weighted by Gasteiger charge is 2.41. The third-order valence-electron chi connectivity index (χ3n) is 3.47. The summed E-state index contributed by atoms with van der Waals surface area (Å²) in [5.41, 5.74) is 0.310. The quantitative estimate of drug-likeness (QED) is 0.471. The number of carbonyl (C=O) groups excluding carboxylic acids is 1. The van der Waals surface area contributed by atoms with Crippen LogP contribution in [0.25, 0.3) is 5.76 Å². The molecule has 0 aliphatic heterocycles. The lowest BCUT2D eigenvalue weighted by Crippen LogP contribution is -2.26. The van der Waals surface area contributed by atoms with E-state index in [0.29, 0.717) is 11.4 Å². The van der Waals surface area contributed by atoms with Crippen LogP contribution in [0.4, 0.5) is 18.9 Å². The molecule has 1 N–H and O–H groups in total. The van der Waals surface area contributed by atoms with Crippen molar-refractivity contribution in [1.82, 2.24) is 0 Å². The summed E-state index contributed by atoms with van der Waals surface area (Å²) in [6.07, 6.45) is -4.42. The number of carbonyl (C=O) groups is 1. The van der Waals surface area contributed by atoms with Crippen LogP contribution in [0.15, 0.2) is 59.1 Å². The van der Waals surface area contributed by atoms with Crippen molar-refractivity contribution in [3.05, 3.63) is 65.2 Å². The van der Waals surface area contributed by atoms with Crippen LogP contribution in [-0.4, -0.2) is 30.4 Å². The van der Waals surface area contributed by atoms with Gasteiger partial charge in [0.05, 0.1) is 18.4 Å². The van der Waals surface area contributed by atoms with E-state index < -0.39 is 23.3 Å². The number of hydrogen-bond acceptors (Lipinski definition) is 4. The minimum atomic E-state index is -5.14. The normalized spacial score (nSPS) is 12.8. The SMILES string of the molecule is COc1ccc(/C(O)=C(\C=Nc2cccc(C)c2)C(=O)C(F)(F)F)cc1. The predicted molar refractivity (Wildman–Crippen MR) is 92.9 cm³/mol. The molecular formula is C19H16F3NO3. The number of Topliss-reactive ketones (excluding diaryl/α,β-unsaturated/α-hetero) is 1. The molecule has 0 spiro atoms. The number of aliphatic hydroxyl groups excluding tert-OH is 1. The van der Waals surface area contributed by atoms with Gasteiger partial charge in [-0.1, -0.05) is 12.1 Å². The van der Waals surface area contributed by atoms with Gasteiger partial charge in [-0.25, -0.2) is 0 Å². The topological polar surface area (TPSA) is 58.9 Å². The van der Waals surface area contributed by atoms with Crippen LogP contribution < -0.4 is 4.74 Å². The molecule has 0 amide bonds. The number of aliphatic imine (C=N–C) groups is 1. The van der Waals surface area contributed by atoms with Crippen LogP contribution in [0.5, 0.6) is 5.75 Å². The van der Waals surface area contributed by atoms with E-state index in [9.17, 15) is 23.1 Å². The van der Waals surface area contributed by atoms with Gasteiger partial charge in [0.25, 0.3) is 5.78 Å². The van der Waals surface area contributed by atoms with E-state index in [-0.39, 0.29) is 5.56 Å². The molecule has 0 atom stereocenters. The Morgan fingerprint density at radius 2 is 1.81 bits per heavy atom. The lowest BCUT2D eigenvalue weighted by molar-refractivity contribution is -0.165. The number of hydrogen-bond donors (Lipinski definition) is 1.